The molecule has 0 amide bonds. The summed E-state index contributed by atoms with van der Waals surface area (Å²) in [6.07, 6.45) is 0.789. The van der Waals surface area contributed by atoms with Crippen LogP contribution in [0.4, 0.5) is 0 Å². The number of aryl methyl sites for hydroxylation is 1. The lowest BCUT2D eigenvalue weighted by atomic mass is 10.1. The number of para-hydroxylation sites is 2. The average molecular weight is 497 g/mol. The number of hydrogen-bond acceptors (Lipinski definition) is 4. The summed E-state index contributed by atoms with van der Waals surface area (Å²) in [4.78, 5) is 4.27. The molecule has 0 aliphatic carbocycles. The number of rotatable bonds is 6. The molecule has 0 radical (unpaired) electrons. The third-order valence-electron chi connectivity index (χ3n) is 4.41. The Morgan fingerprint density at radius 1 is 1.18 bits per heavy atom. The average Bonchev–Trinajstić information content (AvgIpc) is 2.70. The maximum absolute atomic E-state index is 5.96. The summed E-state index contributed by atoms with van der Waals surface area (Å²) in [5, 5.41) is 6.63. The Hall–Kier alpha value is -2.16. The van der Waals surface area contributed by atoms with Gasteiger partial charge in [-0.2, -0.15) is 0 Å². The highest BCUT2D eigenvalue weighted by Gasteiger charge is 2.20. The van der Waals surface area contributed by atoms with Crippen molar-refractivity contribution in [2.75, 3.05) is 33.9 Å². The second-order valence-corrected chi connectivity index (χ2v) is 6.44. The molecular formula is C21H28IN3O3. The summed E-state index contributed by atoms with van der Waals surface area (Å²) in [5.74, 6) is 3.23. The maximum atomic E-state index is 5.96. The van der Waals surface area contributed by atoms with Crippen molar-refractivity contribution in [2.24, 2.45) is 4.99 Å². The Morgan fingerprint density at radius 3 is 2.71 bits per heavy atom. The molecule has 6 nitrogen and oxygen atoms in total. The van der Waals surface area contributed by atoms with Crippen LogP contribution < -0.4 is 24.8 Å². The molecule has 3 rings (SSSR count). The zero-order valence-electron chi connectivity index (χ0n) is 16.5. The van der Waals surface area contributed by atoms with E-state index >= 15 is 0 Å². The zero-order chi connectivity index (χ0) is 19.1. The van der Waals surface area contributed by atoms with Crippen molar-refractivity contribution in [2.45, 2.75) is 19.4 Å². The van der Waals surface area contributed by atoms with Crippen LogP contribution in [0.25, 0.3) is 0 Å². The predicted molar refractivity (Wildman–Crippen MR) is 123 cm³/mol. The molecule has 0 fully saturated rings. The van der Waals surface area contributed by atoms with Crippen LogP contribution in [0.2, 0.25) is 0 Å². The second-order valence-electron chi connectivity index (χ2n) is 6.44. The fourth-order valence-corrected chi connectivity index (χ4v) is 3.01. The van der Waals surface area contributed by atoms with Gasteiger partial charge >= 0.3 is 0 Å². The van der Waals surface area contributed by atoms with Crippen molar-refractivity contribution >= 4 is 29.9 Å². The Morgan fingerprint density at radius 2 is 1.96 bits per heavy atom. The number of fused-ring (bicyclic) bond motifs is 1. The lowest BCUT2D eigenvalue weighted by molar-refractivity contribution is 0.0936. The van der Waals surface area contributed by atoms with E-state index in [1.165, 1.54) is 11.1 Å². The van der Waals surface area contributed by atoms with Crippen LogP contribution in [0.15, 0.2) is 47.5 Å². The number of nitrogens with zero attached hydrogens (tertiary/aromatic N) is 1. The van der Waals surface area contributed by atoms with E-state index in [0.717, 1.165) is 36.2 Å². The molecule has 0 saturated heterocycles. The van der Waals surface area contributed by atoms with Gasteiger partial charge in [0.1, 0.15) is 18.5 Å². The van der Waals surface area contributed by atoms with E-state index in [-0.39, 0.29) is 30.1 Å². The van der Waals surface area contributed by atoms with E-state index < -0.39 is 0 Å². The fourth-order valence-electron chi connectivity index (χ4n) is 3.01. The molecule has 2 aromatic carbocycles. The molecule has 1 aliphatic rings. The number of benzene rings is 2. The normalized spacial score (nSPS) is 15.4. The molecule has 0 saturated carbocycles. The van der Waals surface area contributed by atoms with Crippen LogP contribution in [-0.2, 0) is 6.42 Å². The highest BCUT2D eigenvalue weighted by molar-refractivity contribution is 14.0. The van der Waals surface area contributed by atoms with E-state index in [0.29, 0.717) is 13.2 Å². The topological polar surface area (TPSA) is 64.1 Å². The molecule has 2 aromatic rings. The number of aliphatic imine (C=N–C) groups is 1. The summed E-state index contributed by atoms with van der Waals surface area (Å²) in [6, 6.07) is 13.9. The molecule has 1 heterocycles. The van der Waals surface area contributed by atoms with Gasteiger partial charge in [0.25, 0.3) is 0 Å². The van der Waals surface area contributed by atoms with Crippen LogP contribution in [0.5, 0.6) is 17.2 Å². The smallest absolute Gasteiger partial charge is 0.191 e. The summed E-state index contributed by atoms with van der Waals surface area (Å²) < 4.78 is 17.1. The first-order valence-corrected chi connectivity index (χ1v) is 9.16. The molecule has 1 atom stereocenters. The highest BCUT2D eigenvalue weighted by Crippen LogP contribution is 2.30. The molecular weight excluding hydrogens is 469 g/mol. The standard InChI is InChI=1S/C21H27N3O3.HI/c1-15-8-9-18(25-3)16(12-15)10-11-23-21(22-2)24-13-17-14-26-19-6-4-5-7-20(19)27-17;/h4-9,12,17H,10-11,13-14H2,1-3H3,(H2,22,23,24);1H. The minimum atomic E-state index is -0.0599. The summed E-state index contributed by atoms with van der Waals surface area (Å²) in [5.41, 5.74) is 2.41. The lowest BCUT2D eigenvalue weighted by Crippen LogP contribution is -2.45. The maximum Gasteiger partial charge on any atom is 0.191 e. The van der Waals surface area contributed by atoms with Gasteiger partial charge < -0.3 is 24.8 Å². The van der Waals surface area contributed by atoms with Gasteiger partial charge in [-0.1, -0.05) is 29.8 Å². The summed E-state index contributed by atoms with van der Waals surface area (Å²) >= 11 is 0. The number of ether oxygens (including phenoxy) is 3. The minimum absolute atomic E-state index is 0. The van der Waals surface area contributed by atoms with Gasteiger partial charge in [-0.25, -0.2) is 0 Å². The van der Waals surface area contributed by atoms with Crippen molar-refractivity contribution < 1.29 is 14.2 Å². The Bertz CT molecular complexity index is 798. The Balaban J connectivity index is 0.00000280. The van der Waals surface area contributed by atoms with Gasteiger partial charge in [0.05, 0.1) is 13.7 Å². The van der Waals surface area contributed by atoms with Crippen LogP contribution in [0.1, 0.15) is 11.1 Å². The van der Waals surface area contributed by atoms with Crippen LogP contribution in [-0.4, -0.2) is 45.9 Å². The monoisotopic (exact) mass is 497 g/mol. The lowest BCUT2D eigenvalue weighted by Gasteiger charge is -2.27. The number of hydrogen-bond donors (Lipinski definition) is 2. The number of halogens is 1. The third-order valence-corrected chi connectivity index (χ3v) is 4.41. The van der Waals surface area contributed by atoms with Crippen molar-refractivity contribution in [1.29, 1.82) is 0 Å². The van der Waals surface area contributed by atoms with Crippen molar-refractivity contribution in [1.82, 2.24) is 10.6 Å². The third kappa shape index (κ3) is 5.92. The van der Waals surface area contributed by atoms with Crippen molar-refractivity contribution in [3.05, 3.63) is 53.6 Å². The van der Waals surface area contributed by atoms with Gasteiger partial charge in [-0.05, 0) is 37.1 Å². The molecule has 152 valence electrons. The molecule has 0 aromatic heterocycles. The van der Waals surface area contributed by atoms with Crippen LogP contribution in [0.3, 0.4) is 0 Å². The van der Waals surface area contributed by atoms with Crippen molar-refractivity contribution in [3.63, 3.8) is 0 Å². The molecule has 1 aliphatic heterocycles. The first-order valence-electron chi connectivity index (χ1n) is 9.16. The highest BCUT2D eigenvalue weighted by atomic mass is 127. The quantitative estimate of drug-likeness (QED) is 0.365. The number of methoxy groups -OCH3 is 1. The predicted octanol–water partition coefficient (Wildman–Crippen LogP) is 3.17. The molecule has 1 unspecified atom stereocenters. The molecule has 28 heavy (non-hydrogen) atoms. The Kier molecular flexibility index (Phi) is 8.69. The van der Waals surface area contributed by atoms with Crippen LogP contribution >= 0.6 is 24.0 Å². The Labute approximate surface area is 183 Å². The first-order chi connectivity index (χ1) is 13.2. The zero-order valence-corrected chi connectivity index (χ0v) is 18.9. The van der Waals surface area contributed by atoms with E-state index in [9.17, 15) is 0 Å². The van der Waals surface area contributed by atoms with E-state index in [4.69, 9.17) is 14.2 Å². The summed E-state index contributed by atoms with van der Waals surface area (Å²) in [7, 11) is 3.46. The van der Waals surface area contributed by atoms with Gasteiger partial charge in [0, 0.05) is 13.6 Å². The largest absolute Gasteiger partial charge is 0.496 e. The van der Waals surface area contributed by atoms with Gasteiger partial charge in [-0.3, -0.25) is 4.99 Å². The number of guanidine groups is 1. The van der Waals surface area contributed by atoms with Crippen molar-refractivity contribution in [3.8, 4) is 17.2 Å². The fraction of sp³-hybridized carbons (Fsp3) is 0.381. The second kappa shape index (κ2) is 11.0. The van der Waals surface area contributed by atoms with E-state index in [2.05, 4.69) is 34.7 Å². The van der Waals surface area contributed by atoms with Gasteiger partial charge in [0.2, 0.25) is 0 Å². The van der Waals surface area contributed by atoms with E-state index in [1.54, 1.807) is 14.2 Å². The molecule has 7 heteroatoms. The first kappa shape index (κ1) is 22.1. The molecule has 0 spiro atoms. The van der Waals surface area contributed by atoms with Gasteiger partial charge in [0.15, 0.2) is 17.5 Å². The summed E-state index contributed by atoms with van der Waals surface area (Å²) in [6.45, 7) is 3.97. The molecule has 2 N–H and O–H groups in total. The molecule has 0 bridgehead atoms. The van der Waals surface area contributed by atoms with Gasteiger partial charge in [-0.15, -0.1) is 24.0 Å². The number of nitrogens with one attached hydrogen (secondary N) is 2. The van der Waals surface area contributed by atoms with Crippen LogP contribution in [0, 0.1) is 6.92 Å². The SMILES string of the molecule is CN=C(NCCc1cc(C)ccc1OC)NCC1COc2ccccc2O1.I. The minimum Gasteiger partial charge on any atom is -0.496 e. The van der Waals surface area contributed by atoms with E-state index in [1.807, 2.05) is 30.3 Å².